The van der Waals surface area contributed by atoms with Crippen LogP contribution in [0.4, 0.5) is 0 Å². The predicted octanol–water partition coefficient (Wildman–Crippen LogP) is 3.81. The molecule has 1 aliphatic heterocycles. The number of aryl methyl sites for hydroxylation is 1. The summed E-state index contributed by atoms with van der Waals surface area (Å²) < 4.78 is 7.39. The van der Waals surface area contributed by atoms with Gasteiger partial charge in [-0.15, -0.1) is 0 Å². The molecule has 1 saturated heterocycles. The van der Waals surface area contributed by atoms with Crippen LogP contribution in [0.1, 0.15) is 47.9 Å². The van der Waals surface area contributed by atoms with Crippen molar-refractivity contribution in [2.45, 2.75) is 50.1 Å². The van der Waals surface area contributed by atoms with E-state index in [4.69, 9.17) is 10.5 Å². The van der Waals surface area contributed by atoms with Gasteiger partial charge in [0.15, 0.2) is 0 Å². The maximum atomic E-state index is 13.1. The van der Waals surface area contributed by atoms with Gasteiger partial charge in [0.1, 0.15) is 5.75 Å². The molecule has 8 nitrogen and oxygen atoms in total. The number of aromatic amines is 1. The Kier molecular flexibility index (Phi) is 6.95. The average molecular weight is 526 g/mol. The van der Waals surface area contributed by atoms with Crippen molar-refractivity contribution in [1.29, 1.82) is 0 Å². The fourth-order valence-electron chi connectivity index (χ4n) is 6.97. The van der Waals surface area contributed by atoms with Gasteiger partial charge >= 0.3 is 5.69 Å². The number of carbonyl (C=O) groups is 1. The highest BCUT2D eigenvalue weighted by Crippen LogP contribution is 2.43. The zero-order chi connectivity index (χ0) is 26.9. The van der Waals surface area contributed by atoms with Crippen molar-refractivity contribution in [3.8, 4) is 5.75 Å². The molecule has 2 aromatic heterocycles. The summed E-state index contributed by atoms with van der Waals surface area (Å²) in [6.07, 6.45) is 7.84. The molecule has 3 heterocycles. The van der Waals surface area contributed by atoms with Crippen LogP contribution < -0.4 is 16.2 Å². The number of pyridine rings is 1. The van der Waals surface area contributed by atoms with E-state index in [0.29, 0.717) is 0 Å². The number of benzene rings is 2. The van der Waals surface area contributed by atoms with Crippen molar-refractivity contribution in [1.82, 2.24) is 19.4 Å². The van der Waals surface area contributed by atoms with Gasteiger partial charge in [0, 0.05) is 31.5 Å². The van der Waals surface area contributed by atoms with E-state index in [-0.39, 0.29) is 35.5 Å². The normalized spacial score (nSPS) is 20.9. The lowest BCUT2D eigenvalue weighted by Gasteiger charge is -2.44. The lowest BCUT2D eigenvalue weighted by atomic mass is 9.69. The number of nitrogens with two attached hydrogens (primary N) is 1. The number of H-pyrrole nitrogens is 1. The van der Waals surface area contributed by atoms with Crippen molar-refractivity contribution in [2.75, 3.05) is 20.2 Å². The summed E-state index contributed by atoms with van der Waals surface area (Å²) in [5.74, 6) is 0.801. The van der Waals surface area contributed by atoms with Crippen molar-refractivity contribution >= 4 is 16.9 Å². The molecule has 8 heteroatoms. The quantitative estimate of drug-likeness (QED) is 0.382. The second-order valence-corrected chi connectivity index (χ2v) is 10.9. The van der Waals surface area contributed by atoms with Gasteiger partial charge in [-0.2, -0.15) is 0 Å². The first-order chi connectivity index (χ1) is 19.0. The van der Waals surface area contributed by atoms with Gasteiger partial charge in [-0.1, -0.05) is 24.3 Å². The van der Waals surface area contributed by atoms with Crippen LogP contribution in [0.2, 0.25) is 0 Å². The number of methoxy groups -OCH3 is 1. The van der Waals surface area contributed by atoms with Gasteiger partial charge in [-0.05, 0) is 91.0 Å². The minimum Gasteiger partial charge on any atom is -0.497 e. The molecule has 0 bridgehead atoms. The predicted molar refractivity (Wildman–Crippen MR) is 151 cm³/mol. The standard InChI is InChI=1S/C31H35N5O3/c1-39-23-9-11-24-21(18-23)8-10-25(26(24)17-20-5-4-14-33-19-20)29(30(32)37)35-15-12-22(13-16-35)36-28-7-3-2-6-27(28)34-31(36)38/h2-7,9,11,14,18-19,22,25-26,29H,8,10,12-13,15-17H2,1H3,(H2,32,37)(H,34,38)/t25-,26-,29?/m1/s1. The van der Waals surface area contributed by atoms with E-state index in [1.54, 1.807) is 13.3 Å². The second-order valence-electron chi connectivity index (χ2n) is 10.9. The first-order valence-electron chi connectivity index (χ1n) is 13.8. The van der Waals surface area contributed by atoms with E-state index in [1.807, 2.05) is 47.2 Å². The molecule has 0 spiro atoms. The van der Waals surface area contributed by atoms with Gasteiger partial charge in [0.05, 0.1) is 24.2 Å². The maximum absolute atomic E-state index is 13.1. The molecule has 2 aromatic carbocycles. The van der Waals surface area contributed by atoms with E-state index in [1.165, 1.54) is 11.1 Å². The zero-order valence-corrected chi connectivity index (χ0v) is 22.3. The monoisotopic (exact) mass is 525 g/mol. The third-order valence-corrected chi connectivity index (χ3v) is 8.77. The number of hydrogen-bond acceptors (Lipinski definition) is 5. The van der Waals surface area contributed by atoms with E-state index in [0.717, 1.165) is 67.5 Å². The summed E-state index contributed by atoms with van der Waals surface area (Å²) in [6, 6.07) is 17.9. The van der Waals surface area contributed by atoms with Crippen LogP contribution in [-0.4, -0.2) is 51.6 Å². The van der Waals surface area contributed by atoms with E-state index in [2.05, 4.69) is 33.1 Å². The lowest BCUT2D eigenvalue weighted by Crippen LogP contribution is -2.54. The summed E-state index contributed by atoms with van der Waals surface area (Å²) in [5.41, 5.74) is 11.6. The number of ether oxygens (including phenoxy) is 1. The number of likely N-dealkylation sites (tertiary alicyclic amines) is 1. The largest absolute Gasteiger partial charge is 0.497 e. The highest BCUT2D eigenvalue weighted by atomic mass is 16.5. The second kappa shape index (κ2) is 10.7. The van der Waals surface area contributed by atoms with Crippen LogP contribution in [0.5, 0.6) is 5.75 Å². The third-order valence-electron chi connectivity index (χ3n) is 8.77. The summed E-state index contributed by atoms with van der Waals surface area (Å²) in [5, 5.41) is 0. The number of hydrogen-bond donors (Lipinski definition) is 2. The summed E-state index contributed by atoms with van der Waals surface area (Å²) in [4.78, 5) is 35.5. The molecule has 2 aliphatic rings. The van der Waals surface area contributed by atoms with Crippen molar-refractivity contribution < 1.29 is 9.53 Å². The molecule has 1 unspecified atom stereocenters. The van der Waals surface area contributed by atoms with Crippen LogP contribution in [-0.2, 0) is 17.6 Å². The van der Waals surface area contributed by atoms with Gasteiger partial charge in [0.2, 0.25) is 5.91 Å². The molecule has 6 rings (SSSR count). The number of primary amides is 1. The Bertz CT molecular complexity index is 1520. The van der Waals surface area contributed by atoms with E-state index < -0.39 is 0 Å². The number of imidazole rings is 1. The SMILES string of the molecule is COc1ccc2c(c1)CC[C@@H](C(C(N)=O)N1CCC(n3c(=O)[nH]c4ccccc43)CC1)[C@@H]2Cc1cccnc1. The first-order valence-corrected chi connectivity index (χ1v) is 13.8. The van der Waals surface area contributed by atoms with Crippen LogP contribution >= 0.6 is 0 Å². The number of nitrogens with one attached hydrogen (secondary N) is 1. The molecule has 1 fully saturated rings. The van der Waals surface area contributed by atoms with Crippen molar-refractivity contribution in [2.24, 2.45) is 11.7 Å². The molecule has 3 N–H and O–H groups in total. The van der Waals surface area contributed by atoms with Gasteiger partial charge in [-0.3, -0.25) is 19.2 Å². The Hall–Kier alpha value is -3.91. The highest BCUT2D eigenvalue weighted by Gasteiger charge is 2.42. The van der Waals surface area contributed by atoms with Crippen LogP contribution in [0, 0.1) is 5.92 Å². The maximum Gasteiger partial charge on any atom is 0.326 e. The average Bonchev–Trinajstić information content (AvgIpc) is 3.30. The number of aromatic nitrogens is 3. The zero-order valence-electron chi connectivity index (χ0n) is 22.3. The Morgan fingerprint density at radius 1 is 1.13 bits per heavy atom. The highest BCUT2D eigenvalue weighted by molar-refractivity contribution is 5.80. The molecule has 3 atom stereocenters. The fourth-order valence-corrected chi connectivity index (χ4v) is 6.97. The fraction of sp³-hybridized carbons (Fsp3) is 0.387. The molecular formula is C31H35N5O3. The van der Waals surface area contributed by atoms with Crippen LogP contribution in [0.3, 0.4) is 0 Å². The Morgan fingerprint density at radius 2 is 1.95 bits per heavy atom. The Balaban J connectivity index is 1.28. The Morgan fingerprint density at radius 3 is 2.69 bits per heavy atom. The van der Waals surface area contributed by atoms with Crippen LogP contribution in [0.15, 0.2) is 71.8 Å². The molecule has 1 amide bonds. The number of piperidine rings is 1. The number of amides is 1. The van der Waals surface area contributed by atoms with Crippen molar-refractivity contribution in [3.05, 3.63) is 94.2 Å². The minimum atomic E-state index is -0.373. The number of nitrogens with zero attached hydrogens (tertiary/aromatic N) is 3. The summed E-state index contributed by atoms with van der Waals surface area (Å²) in [7, 11) is 1.69. The van der Waals surface area contributed by atoms with E-state index >= 15 is 0 Å². The summed E-state index contributed by atoms with van der Waals surface area (Å²) >= 11 is 0. The third kappa shape index (κ3) is 4.85. The van der Waals surface area contributed by atoms with Gasteiger partial charge < -0.3 is 15.5 Å². The number of carbonyl (C=O) groups excluding carboxylic acids is 1. The number of fused-ring (bicyclic) bond motifs is 2. The molecule has 202 valence electrons. The van der Waals surface area contributed by atoms with Gasteiger partial charge in [-0.25, -0.2) is 4.79 Å². The van der Waals surface area contributed by atoms with Crippen molar-refractivity contribution in [3.63, 3.8) is 0 Å². The van der Waals surface area contributed by atoms with Gasteiger partial charge in [0.25, 0.3) is 0 Å². The topological polar surface area (TPSA) is 106 Å². The van der Waals surface area contributed by atoms with Crippen LogP contribution in [0.25, 0.3) is 11.0 Å². The summed E-state index contributed by atoms with van der Waals surface area (Å²) in [6.45, 7) is 1.44. The number of para-hydroxylation sites is 2. The molecule has 0 radical (unpaired) electrons. The lowest BCUT2D eigenvalue weighted by molar-refractivity contribution is -0.126. The molecule has 1 aliphatic carbocycles. The molecule has 0 saturated carbocycles. The number of rotatable bonds is 7. The Labute approximate surface area is 227 Å². The molecular weight excluding hydrogens is 490 g/mol. The molecule has 39 heavy (non-hydrogen) atoms. The molecule has 4 aromatic rings. The first kappa shape index (κ1) is 25.4. The smallest absolute Gasteiger partial charge is 0.326 e. The van der Waals surface area contributed by atoms with E-state index in [9.17, 15) is 9.59 Å². The minimum absolute atomic E-state index is 0.0723.